The first-order valence-corrected chi connectivity index (χ1v) is 8.44. The molecule has 0 aromatic heterocycles. The van der Waals surface area contributed by atoms with Gasteiger partial charge in [-0.1, -0.05) is 48.5 Å². The topological polar surface area (TPSA) is 9.23 Å². The summed E-state index contributed by atoms with van der Waals surface area (Å²) in [5, 5.41) is 0. The van der Waals surface area contributed by atoms with Gasteiger partial charge in [0.2, 0.25) is 5.83 Å². The van der Waals surface area contributed by atoms with Gasteiger partial charge in [-0.2, -0.15) is 8.78 Å². The Bertz CT molecular complexity index is 985. The fraction of sp³-hybridized carbons (Fsp3) is 0.0909. The number of halogens is 5. The summed E-state index contributed by atoms with van der Waals surface area (Å²) in [5.74, 6) is -5.11. The van der Waals surface area contributed by atoms with Crippen molar-refractivity contribution in [3.05, 3.63) is 89.7 Å². The molecule has 1 nitrogen and oxygen atoms in total. The molecule has 0 unspecified atom stereocenters. The van der Waals surface area contributed by atoms with E-state index in [0.29, 0.717) is 5.56 Å². The number of ether oxygens (including phenoxy) is 1. The van der Waals surface area contributed by atoms with Crippen LogP contribution in [0, 0.1) is 17.5 Å². The molecule has 0 saturated heterocycles. The van der Waals surface area contributed by atoms with Crippen LogP contribution in [0.15, 0.2) is 66.7 Å². The minimum absolute atomic E-state index is 0.0194. The predicted octanol–water partition coefficient (Wildman–Crippen LogP) is 7.04. The molecule has 0 aliphatic rings. The molecule has 3 aromatic carbocycles. The summed E-state index contributed by atoms with van der Waals surface area (Å²) in [6.45, 7) is 1.57. The molecule has 0 radical (unpaired) electrons. The van der Waals surface area contributed by atoms with Crippen molar-refractivity contribution in [2.75, 3.05) is 6.61 Å². The van der Waals surface area contributed by atoms with Crippen LogP contribution >= 0.6 is 0 Å². The van der Waals surface area contributed by atoms with Crippen molar-refractivity contribution in [3.63, 3.8) is 0 Å². The molecule has 3 aromatic rings. The molecular weight excluding hydrogens is 375 g/mol. The molecule has 28 heavy (non-hydrogen) atoms. The average Bonchev–Trinajstić information content (AvgIpc) is 2.71. The fourth-order valence-electron chi connectivity index (χ4n) is 2.69. The predicted molar refractivity (Wildman–Crippen MR) is 98.0 cm³/mol. The lowest BCUT2D eigenvalue weighted by atomic mass is 9.99. The van der Waals surface area contributed by atoms with E-state index in [1.807, 2.05) is 0 Å². The third-order valence-corrected chi connectivity index (χ3v) is 4.12. The Morgan fingerprint density at radius 3 is 1.61 bits per heavy atom. The van der Waals surface area contributed by atoms with Gasteiger partial charge in [0.05, 0.1) is 6.61 Å². The lowest BCUT2D eigenvalue weighted by molar-refractivity contribution is 0.156. The van der Waals surface area contributed by atoms with Crippen LogP contribution in [0.1, 0.15) is 12.5 Å². The summed E-state index contributed by atoms with van der Waals surface area (Å²) in [6, 6.07) is 13.3. The molecule has 0 N–H and O–H groups in total. The highest BCUT2D eigenvalue weighted by molar-refractivity contribution is 5.72. The average molecular weight is 390 g/mol. The van der Waals surface area contributed by atoms with Gasteiger partial charge >= 0.3 is 6.01 Å². The van der Waals surface area contributed by atoms with Crippen LogP contribution in [0.3, 0.4) is 0 Å². The Hall–Kier alpha value is -3.15. The lowest BCUT2D eigenvalue weighted by Gasteiger charge is -2.07. The molecule has 0 fully saturated rings. The highest BCUT2D eigenvalue weighted by atomic mass is 19.2. The molecule has 0 spiro atoms. The SMILES string of the molecule is CCOC(F)=C(F)c1ccc(-c2ccc(-c3cc(F)c(F)c(F)c3)cc2)cc1. The van der Waals surface area contributed by atoms with Crippen molar-refractivity contribution >= 4 is 5.83 Å². The van der Waals surface area contributed by atoms with Gasteiger partial charge in [0.1, 0.15) is 0 Å². The van der Waals surface area contributed by atoms with Gasteiger partial charge in [0.25, 0.3) is 0 Å². The molecule has 144 valence electrons. The van der Waals surface area contributed by atoms with E-state index in [2.05, 4.69) is 4.74 Å². The molecule has 0 heterocycles. The minimum Gasteiger partial charge on any atom is -0.469 e. The fourth-order valence-corrected chi connectivity index (χ4v) is 2.69. The normalized spacial score (nSPS) is 11.9. The maximum atomic E-state index is 13.9. The number of rotatable bonds is 5. The van der Waals surface area contributed by atoms with Crippen LogP contribution in [0.2, 0.25) is 0 Å². The first kappa shape index (κ1) is 19.6. The van der Waals surface area contributed by atoms with Gasteiger partial charge < -0.3 is 4.74 Å². The Kier molecular flexibility index (Phi) is 5.78. The molecule has 0 saturated carbocycles. The van der Waals surface area contributed by atoms with E-state index >= 15 is 0 Å². The van der Waals surface area contributed by atoms with Crippen LogP contribution < -0.4 is 0 Å². The second-order valence-corrected chi connectivity index (χ2v) is 5.93. The summed E-state index contributed by atoms with van der Waals surface area (Å²) in [6.07, 6.45) is 0. The Balaban J connectivity index is 1.85. The standard InChI is InChI=1S/C22H15F5O/c1-2-28-22(27)20(25)16-9-7-14(8-10-16)13-3-5-15(6-4-13)17-11-18(23)21(26)19(24)12-17/h3-12H,2H2,1H3. The van der Waals surface area contributed by atoms with Crippen molar-refractivity contribution in [3.8, 4) is 22.3 Å². The molecule has 0 aliphatic carbocycles. The van der Waals surface area contributed by atoms with Gasteiger partial charge in [-0.15, -0.1) is 0 Å². The van der Waals surface area contributed by atoms with Crippen LogP contribution in [-0.2, 0) is 4.74 Å². The summed E-state index contributed by atoms with van der Waals surface area (Å²) < 4.78 is 71.7. The van der Waals surface area contributed by atoms with Gasteiger partial charge in [0.15, 0.2) is 17.5 Å². The van der Waals surface area contributed by atoms with Crippen LogP contribution in [0.4, 0.5) is 22.0 Å². The van der Waals surface area contributed by atoms with E-state index in [-0.39, 0.29) is 17.7 Å². The van der Waals surface area contributed by atoms with Crippen LogP contribution in [0.25, 0.3) is 28.1 Å². The van der Waals surface area contributed by atoms with Crippen molar-refractivity contribution < 1.29 is 26.7 Å². The van der Waals surface area contributed by atoms with E-state index in [0.717, 1.165) is 23.3 Å². The van der Waals surface area contributed by atoms with Crippen molar-refractivity contribution in [2.24, 2.45) is 0 Å². The van der Waals surface area contributed by atoms with Gasteiger partial charge in [-0.05, 0) is 41.3 Å². The second-order valence-electron chi connectivity index (χ2n) is 5.93. The molecular formula is C22H15F5O. The van der Waals surface area contributed by atoms with Crippen LogP contribution in [-0.4, -0.2) is 6.61 Å². The van der Waals surface area contributed by atoms with Gasteiger partial charge in [-0.25, -0.2) is 13.2 Å². The zero-order valence-corrected chi connectivity index (χ0v) is 14.8. The quantitative estimate of drug-likeness (QED) is 0.258. The molecule has 6 heteroatoms. The van der Waals surface area contributed by atoms with E-state index in [4.69, 9.17) is 0 Å². The van der Waals surface area contributed by atoms with Gasteiger partial charge in [0, 0.05) is 5.56 Å². The zero-order valence-electron chi connectivity index (χ0n) is 14.8. The summed E-state index contributed by atoms with van der Waals surface area (Å²) in [7, 11) is 0. The van der Waals surface area contributed by atoms with Gasteiger partial charge in [-0.3, -0.25) is 0 Å². The van der Waals surface area contributed by atoms with E-state index in [1.54, 1.807) is 43.3 Å². The monoisotopic (exact) mass is 390 g/mol. The van der Waals surface area contributed by atoms with E-state index < -0.39 is 29.3 Å². The van der Waals surface area contributed by atoms with Crippen molar-refractivity contribution in [1.29, 1.82) is 0 Å². The van der Waals surface area contributed by atoms with E-state index in [1.165, 1.54) is 12.1 Å². The zero-order chi connectivity index (χ0) is 20.3. The first-order chi connectivity index (χ1) is 13.4. The van der Waals surface area contributed by atoms with Crippen molar-refractivity contribution in [2.45, 2.75) is 6.92 Å². The molecule has 3 rings (SSSR count). The second kappa shape index (κ2) is 8.25. The minimum atomic E-state index is -1.51. The first-order valence-electron chi connectivity index (χ1n) is 8.44. The lowest BCUT2D eigenvalue weighted by Crippen LogP contribution is -1.92. The summed E-state index contributed by atoms with van der Waals surface area (Å²) in [4.78, 5) is 0. The number of hydrogen-bond acceptors (Lipinski definition) is 1. The van der Waals surface area contributed by atoms with Crippen LogP contribution in [0.5, 0.6) is 0 Å². The number of benzene rings is 3. The highest BCUT2D eigenvalue weighted by Crippen LogP contribution is 2.29. The van der Waals surface area contributed by atoms with Crippen molar-refractivity contribution in [1.82, 2.24) is 0 Å². The number of hydrogen-bond donors (Lipinski definition) is 0. The summed E-state index contributed by atoms with van der Waals surface area (Å²) in [5.41, 5.74) is 2.25. The maximum absolute atomic E-state index is 13.9. The Morgan fingerprint density at radius 2 is 1.14 bits per heavy atom. The molecule has 0 aliphatic heterocycles. The third kappa shape index (κ3) is 4.06. The van der Waals surface area contributed by atoms with E-state index in [9.17, 15) is 22.0 Å². The smallest absolute Gasteiger partial charge is 0.309 e. The highest BCUT2D eigenvalue weighted by Gasteiger charge is 2.12. The maximum Gasteiger partial charge on any atom is 0.309 e. The largest absolute Gasteiger partial charge is 0.469 e. The molecule has 0 atom stereocenters. The molecule has 0 amide bonds. The molecule has 0 bridgehead atoms. The third-order valence-electron chi connectivity index (χ3n) is 4.12. The summed E-state index contributed by atoms with van der Waals surface area (Å²) >= 11 is 0. The Labute approximate surface area is 158 Å². The Morgan fingerprint density at radius 1 is 0.714 bits per heavy atom.